The first-order valence-electron chi connectivity index (χ1n) is 9.13. The van der Waals surface area contributed by atoms with Crippen molar-refractivity contribution in [1.29, 1.82) is 0 Å². The number of amides is 1. The van der Waals surface area contributed by atoms with Gasteiger partial charge >= 0.3 is 0 Å². The van der Waals surface area contributed by atoms with Gasteiger partial charge in [-0.2, -0.15) is 0 Å². The fraction of sp³-hybridized carbons (Fsp3) is 0.350. The molecular formula is C20H25N3O3S. The molecule has 7 heteroatoms. The second-order valence-corrected chi connectivity index (χ2v) is 8.55. The molecule has 0 aromatic heterocycles. The van der Waals surface area contributed by atoms with Crippen LogP contribution in [0.1, 0.15) is 28.8 Å². The van der Waals surface area contributed by atoms with Crippen LogP contribution in [-0.2, 0) is 10.0 Å². The lowest BCUT2D eigenvalue weighted by atomic mass is 10.00. The first-order chi connectivity index (χ1) is 13.0. The van der Waals surface area contributed by atoms with E-state index < -0.39 is 10.0 Å². The van der Waals surface area contributed by atoms with Crippen molar-refractivity contribution < 1.29 is 13.2 Å². The Labute approximate surface area is 160 Å². The Bertz CT molecular complexity index is 889. The van der Waals surface area contributed by atoms with Gasteiger partial charge in [-0.15, -0.1) is 0 Å². The number of nitrogens with one attached hydrogen (secondary N) is 3. The van der Waals surface area contributed by atoms with Gasteiger partial charge in [-0.1, -0.05) is 18.2 Å². The van der Waals surface area contributed by atoms with Crippen molar-refractivity contribution in [2.24, 2.45) is 5.92 Å². The highest BCUT2D eigenvalue weighted by Gasteiger charge is 2.17. The fourth-order valence-corrected chi connectivity index (χ4v) is 4.24. The number of hydrogen-bond donors (Lipinski definition) is 3. The highest BCUT2D eigenvalue weighted by molar-refractivity contribution is 7.92. The summed E-state index contributed by atoms with van der Waals surface area (Å²) in [6.45, 7) is 4.42. The lowest BCUT2D eigenvalue weighted by Crippen LogP contribution is -2.38. The molecule has 1 heterocycles. The largest absolute Gasteiger partial charge is 0.352 e. The molecule has 6 nitrogen and oxygen atoms in total. The van der Waals surface area contributed by atoms with Gasteiger partial charge in [0, 0.05) is 12.1 Å². The van der Waals surface area contributed by atoms with E-state index in [9.17, 15) is 13.2 Å². The van der Waals surface area contributed by atoms with E-state index in [-0.39, 0.29) is 10.8 Å². The van der Waals surface area contributed by atoms with E-state index in [0.29, 0.717) is 23.7 Å². The van der Waals surface area contributed by atoms with Gasteiger partial charge in [-0.3, -0.25) is 9.52 Å². The Morgan fingerprint density at radius 3 is 2.56 bits per heavy atom. The maximum absolute atomic E-state index is 12.5. The SMILES string of the molecule is Cc1ccccc1NS(=O)(=O)c1ccc(C(=O)NCC2CCCNC2)cc1. The average Bonchev–Trinajstić information content (AvgIpc) is 2.69. The molecule has 0 aliphatic carbocycles. The molecule has 0 spiro atoms. The standard InChI is InChI=1S/C20H25N3O3S/c1-15-5-2-3-7-19(15)23-27(25,26)18-10-8-17(9-11-18)20(24)22-14-16-6-4-12-21-13-16/h2-3,5,7-11,16,21,23H,4,6,12-14H2,1H3,(H,22,24). The van der Waals surface area contributed by atoms with Gasteiger partial charge in [0.15, 0.2) is 0 Å². The van der Waals surface area contributed by atoms with Crippen LogP contribution >= 0.6 is 0 Å². The van der Waals surface area contributed by atoms with Crippen molar-refractivity contribution in [1.82, 2.24) is 10.6 Å². The Kier molecular flexibility index (Phi) is 6.13. The molecule has 3 rings (SSSR count). The van der Waals surface area contributed by atoms with Gasteiger partial charge in [0.05, 0.1) is 10.6 Å². The second-order valence-electron chi connectivity index (χ2n) is 6.87. The molecular weight excluding hydrogens is 362 g/mol. The molecule has 1 unspecified atom stereocenters. The summed E-state index contributed by atoms with van der Waals surface area (Å²) < 4.78 is 27.7. The molecule has 1 amide bonds. The third kappa shape index (κ3) is 5.08. The summed E-state index contributed by atoms with van der Waals surface area (Å²) in [7, 11) is -3.70. The van der Waals surface area contributed by atoms with E-state index in [2.05, 4.69) is 15.4 Å². The molecule has 3 N–H and O–H groups in total. The quantitative estimate of drug-likeness (QED) is 0.711. The van der Waals surface area contributed by atoms with Gasteiger partial charge in [0.2, 0.25) is 0 Å². The Hall–Kier alpha value is -2.38. The second kappa shape index (κ2) is 8.54. The zero-order chi connectivity index (χ0) is 19.3. The van der Waals surface area contributed by atoms with Crippen molar-refractivity contribution in [2.75, 3.05) is 24.4 Å². The maximum atomic E-state index is 12.5. The van der Waals surface area contributed by atoms with Crippen LogP contribution in [0.2, 0.25) is 0 Å². The molecule has 27 heavy (non-hydrogen) atoms. The van der Waals surface area contributed by atoms with Crippen molar-refractivity contribution in [3.05, 3.63) is 59.7 Å². The molecule has 1 atom stereocenters. The van der Waals surface area contributed by atoms with Crippen LogP contribution in [0.25, 0.3) is 0 Å². The number of benzene rings is 2. The summed E-state index contributed by atoms with van der Waals surface area (Å²) in [5, 5.41) is 6.25. The van der Waals surface area contributed by atoms with Gasteiger partial charge in [-0.25, -0.2) is 8.42 Å². The van der Waals surface area contributed by atoms with Crippen LogP contribution in [0.5, 0.6) is 0 Å². The number of carbonyl (C=O) groups excluding carboxylic acids is 1. The molecule has 1 aliphatic heterocycles. The first kappa shape index (κ1) is 19.4. The maximum Gasteiger partial charge on any atom is 0.261 e. The van der Waals surface area contributed by atoms with Crippen molar-refractivity contribution in [3.63, 3.8) is 0 Å². The number of piperidine rings is 1. The molecule has 1 saturated heterocycles. The summed E-state index contributed by atoms with van der Waals surface area (Å²) in [6, 6.07) is 13.2. The molecule has 144 valence electrons. The number of aryl methyl sites for hydroxylation is 1. The Morgan fingerprint density at radius 1 is 1.15 bits per heavy atom. The van der Waals surface area contributed by atoms with E-state index in [1.165, 1.54) is 12.1 Å². The zero-order valence-corrected chi connectivity index (χ0v) is 16.2. The third-order valence-corrected chi connectivity index (χ3v) is 6.15. The molecule has 0 saturated carbocycles. The number of anilines is 1. The van der Waals surface area contributed by atoms with Crippen molar-refractivity contribution in [2.45, 2.75) is 24.7 Å². The summed E-state index contributed by atoms with van der Waals surface area (Å²) in [5.74, 6) is 0.261. The van der Waals surface area contributed by atoms with E-state index >= 15 is 0 Å². The van der Waals surface area contributed by atoms with Crippen molar-refractivity contribution >= 4 is 21.6 Å². The molecule has 2 aromatic rings. The minimum atomic E-state index is -3.70. The summed E-state index contributed by atoms with van der Waals surface area (Å²) in [6.07, 6.45) is 2.23. The van der Waals surface area contributed by atoms with Crippen LogP contribution in [0.15, 0.2) is 53.4 Å². The number of rotatable bonds is 6. The van der Waals surface area contributed by atoms with Crippen molar-refractivity contribution in [3.8, 4) is 0 Å². The lowest BCUT2D eigenvalue weighted by Gasteiger charge is -2.22. The van der Waals surface area contributed by atoms with Crippen LogP contribution in [0.3, 0.4) is 0 Å². The molecule has 2 aromatic carbocycles. The fourth-order valence-electron chi connectivity index (χ4n) is 3.11. The van der Waals surface area contributed by atoms with Crippen LogP contribution in [-0.4, -0.2) is 34.0 Å². The minimum Gasteiger partial charge on any atom is -0.352 e. The normalized spacial score (nSPS) is 17.3. The highest BCUT2D eigenvalue weighted by Crippen LogP contribution is 2.19. The minimum absolute atomic E-state index is 0.124. The van der Waals surface area contributed by atoms with Gasteiger partial charge < -0.3 is 10.6 Å². The predicted molar refractivity (Wildman–Crippen MR) is 106 cm³/mol. The lowest BCUT2D eigenvalue weighted by molar-refractivity contribution is 0.0944. The van der Waals surface area contributed by atoms with E-state index in [1.807, 2.05) is 19.1 Å². The smallest absolute Gasteiger partial charge is 0.261 e. The summed E-state index contributed by atoms with van der Waals surface area (Å²) in [4.78, 5) is 12.4. The van der Waals surface area contributed by atoms with E-state index in [4.69, 9.17) is 0 Å². The number of para-hydroxylation sites is 1. The van der Waals surface area contributed by atoms with Crippen LogP contribution in [0, 0.1) is 12.8 Å². The topological polar surface area (TPSA) is 87.3 Å². The average molecular weight is 388 g/mol. The number of sulfonamides is 1. The molecule has 0 radical (unpaired) electrons. The first-order valence-corrected chi connectivity index (χ1v) is 10.6. The highest BCUT2D eigenvalue weighted by atomic mass is 32.2. The number of carbonyl (C=O) groups is 1. The van der Waals surface area contributed by atoms with Crippen LogP contribution in [0.4, 0.5) is 5.69 Å². The molecule has 0 bridgehead atoms. The van der Waals surface area contributed by atoms with Gasteiger partial charge in [0.1, 0.15) is 0 Å². The monoisotopic (exact) mass is 387 g/mol. The third-order valence-electron chi connectivity index (χ3n) is 4.77. The summed E-state index contributed by atoms with van der Waals surface area (Å²) in [5.41, 5.74) is 1.84. The predicted octanol–water partition coefficient (Wildman–Crippen LogP) is 2.53. The molecule has 1 aliphatic rings. The zero-order valence-electron chi connectivity index (χ0n) is 15.4. The van der Waals surface area contributed by atoms with E-state index in [0.717, 1.165) is 31.5 Å². The van der Waals surface area contributed by atoms with Gasteiger partial charge in [-0.05, 0) is 74.7 Å². The molecule has 1 fully saturated rings. The Balaban J connectivity index is 1.63. The number of hydrogen-bond acceptors (Lipinski definition) is 4. The van der Waals surface area contributed by atoms with E-state index in [1.54, 1.807) is 24.3 Å². The summed E-state index contributed by atoms with van der Waals surface area (Å²) >= 11 is 0. The van der Waals surface area contributed by atoms with Gasteiger partial charge in [0.25, 0.3) is 15.9 Å². The Morgan fingerprint density at radius 2 is 1.89 bits per heavy atom. The van der Waals surface area contributed by atoms with Crippen LogP contribution < -0.4 is 15.4 Å².